The first-order chi connectivity index (χ1) is 2.91. The molecule has 0 aromatic heterocycles. The summed E-state index contributed by atoms with van der Waals surface area (Å²) in [5.74, 6) is 0. The van der Waals surface area contributed by atoms with Gasteiger partial charge in [0.25, 0.3) is 0 Å². The van der Waals surface area contributed by atoms with Crippen molar-refractivity contribution in [3.05, 3.63) is 12.7 Å². The van der Waals surface area contributed by atoms with Crippen LogP contribution in [0.5, 0.6) is 0 Å². The molecule has 0 aromatic rings. The summed E-state index contributed by atoms with van der Waals surface area (Å²) in [7, 11) is 0. The molecule has 1 nitrogen and oxygen atoms in total. The first kappa shape index (κ1) is 6.74. The Morgan fingerprint density at radius 1 is 2.00 bits per heavy atom. The van der Waals surface area contributed by atoms with Gasteiger partial charge < -0.3 is 0 Å². The van der Waals surface area contributed by atoms with Crippen molar-refractivity contribution < 1.29 is 0 Å². The van der Waals surface area contributed by atoms with E-state index in [9.17, 15) is 0 Å². The van der Waals surface area contributed by atoms with Gasteiger partial charge in [-0.15, -0.1) is 0 Å². The van der Waals surface area contributed by atoms with Gasteiger partial charge in [0.05, 0.1) is 0 Å². The summed E-state index contributed by atoms with van der Waals surface area (Å²) in [6, 6.07) is 0. The third-order valence-electron chi connectivity index (χ3n) is 0.292. The zero-order valence-corrected chi connectivity index (χ0v) is 6.94. The van der Waals surface area contributed by atoms with Crippen molar-refractivity contribution in [1.82, 2.24) is 4.33 Å². The van der Waals surface area contributed by atoms with Crippen molar-refractivity contribution >= 4 is 27.5 Å². The average Bonchev–Trinajstić information content (AvgIpc) is 1.61. The van der Waals surface area contributed by atoms with Crippen LogP contribution in [-0.4, -0.2) is 34.1 Å². The first-order valence-corrected chi connectivity index (χ1v) is 7.16. The normalized spacial score (nSPS) is 8.17. The molecule has 0 amide bonds. The van der Waals surface area contributed by atoms with Gasteiger partial charge in [-0.1, -0.05) is 0 Å². The third kappa shape index (κ3) is 4.74. The summed E-state index contributed by atoms with van der Waals surface area (Å²) in [5.41, 5.74) is 0. The molecule has 0 aliphatic carbocycles. The molecule has 0 aromatic carbocycles. The molecule has 3 heteroatoms. The molecule has 0 rings (SSSR count). The minimum absolute atomic E-state index is 0.543. The van der Waals surface area contributed by atoms with Crippen LogP contribution >= 0.6 is 0 Å². The number of rotatable bonds is 3. The average molecular weight is 215 g/mol. The molecule has 0 radical (unpaired) electrons. The summed E-state index contributed by atoms with van der Waals surface area (Å²) < 4.78 is 3.11. The maximum absolute atomic E-state index is 3.54. The van der Waals surface area contributed by atoms with Gasteiger partial charge in [0, 0.05) is 0 Å². The van der Waals surface area contributed by atoms with Crippen molar-refractivity contribution in [2.24, 2.45) is 0 Å². The molecule has 6 heavy (non-hydrogen) atoms. The Balaban J connectivity index is 2.49. The minimum atomic E-state index is 0.543. The van der Waals surface area contributed by atoms with Gasteiger partial charge >= 0.3 is 51.1 Å². The standard InChI is InChI=1S/C3H7NSe2/c1-2-3-4-6-5/h2,4-5H,1,3H2. The van der Waals surface area contributed by atoms with Gasteiger partial charge in [-0.25, -0.2) is 0 Å². The van der Waals surface area contributed by atoms with Gasteiger partial charge in [0.2, 0.25) is 0 Å². The Hall–Kier alpha value is 0.739. The molecule has 0 fully saturated rings. The molecule has 0 spiro atoms. The fraction of sp³-hybridized carbons (Fsp3) is 0.333. The van der Waals surface area contributed by atoms with Crippen LogP contribution in [0.15, 0.2) is 12.7 Å². The predicted octanol–water partition coefficient (Wildman–Crippen LogP) is -0.803. The van der Waals surface area contributed by atoms with E-state index < -0.39 is 0 Å². The van der Waals surface area contributed by atoms with Crippen LogP contribution in [0.4, 0.5) is 0 Å². The summed E-state index contributed by atoms with van der Waals surface area (Å²) >= 11 is 3.05. The van der Waals surface area contributed by atoms with Crippen LogP contribution in [-0.2, 0) is 0 Å². The summed E-state index contributed by atoms with van der Waals surface area (Å²) in [5, 5.41) is 0. The van der Waals surface area contributed by atoms with Crippen LogP contribution < -0.4 is 4.33 Å². The monoisotopic (exact) mass is 217 g/mol. The number of nitrogens with one attached hydrogen (secondary N) is 1. The number of hydrogen-bond donors (Lipinski definition) is 1. The molecule has 0 unspecified atom stereocenters. The van der Waals surface area contributed by atoms with Crippen LogP contribution in [0, 0.1) is 0 Å². The Morgan fingerprint density at radius 3 is 2.83 bits per heavy atom. The molecule has 0 atom stereocenters. The van der Waals surface area contributed by atoms with Crippen molar-refractivity contribution in [2.75, 3.05) is 6.54 Å². The van der Waals surface area contributed by atoms with Crippen LogP contribution in [0.25, 0.3) is 0 Å². The predicted molar refractivity (Wildman–Crippen MR) is 31.1 cm³/mol. The SMILES string of the molecule is C=CCN[Se][SeH]. The molecule has 1 N–H and O–H groups in total. The zero-order valence-electron chi connectivity index (χ0n) is 3.35. The Labute approximate surface area is 51.3 Å². The van der Waals surface area contributed by atoms with E-state index in [1.807, 2.05) is 6.08 Å². The number of hydrogen-bond acceptors (Lipinski definition) is 1. The summed E-state index contributed by atoms with van der Waals surface area (Å²) in [6.45, 7) is 4.48. The molecule has 0 saturated heterocycles. The van der Waals surface area contributed by atoms with E-state index in [-0.39, 0.29) is 0 Å². The second kappa shape index (κ2) is 5.74. The van der Waals surface area contributed by atoms with E-state index >= 15 is 0 Å². The molecule has 0 bridgehead atoms. The van der Waals surface area contributed by atoms with E-state index in [1.165, 1.54) is 0 Å². The first-order valence-electron chi connectivity index (χ1n) is 1.56. The third-order valence-corrected chi connectivity index (χ3v) is 2.32. The van der Waals surface area contributed by atoms with Gasteiger partial charge in [-0.3, -0.25) is 0 Å². The zero-order chi connectivity index (χ0) is 4.83. The fourth-order valence-electron chi connectivity index (χ4n) is 0.0962. The van der Waals surface area contributed by atoms with E-state index in [0.29, 0.717) is 13.3 Å². The van der Waals surface area contributed by atoms with Gasteiger partial charge in [0.1, 0.15) is 0 Å². The van der Waals surface area contributed by atoms with Crippen molar-refractivity contribution in [2.45, 2.75) is 0 Å². The quantitative estimate of drug-likeness (QED) is 0.369. The molecule has 36 valence electrons. The molecule has 0 aliphatic rings. The van der Waals surface area contributed by atoms with E-state index in [2.05, 4.69) is 25.1 Å². The van der Waals surface area contributed by atoms with Crippen molar-refractivity contribution in [3.8, 4) is 0 Å². The van der Waals surface area contributed by atoms with Gasteiger partial charge in [-0.2, -0.15) is 0 Å². The van der Waals surface area contributed by atoms with Crippen LogP contribution in [0.2, 0.25) is 0 Å². The maximum atomic E-state index is 3.54. The summed E-state index contributed by atoms with van der Waals surface area (Å²) in [6.07, 6.45) is 1.86. The van der Waals surface area contributed by atoms with Crippen LogP contribution in [0.3, 0.4) is 0 Å². The Bertz CT molecular complexity index is 37.8. The van der Waals surface area contributed by atoms with Crippen molar-refractivity contribution in [1.29, 1.82) is 0 Å². The van der Waals surface area contributed by atoms with Crippen LogP contribution in [0.1, 0.15) is 0 Å². The fourth-order valence-corrected chi connectivity index (χ4v) is 1.31. The Morgan fingerprint density at radius 2 is 2.67 bits per heavy atom. The molecule has 0 aliphatic heterocycles. The summed E-state index contributed by atoms with van der Waals surface area (Å²) in [4.78, 5) is 0. The van der Waals surface area contributed by atoms with Crippen molar-refractivity contribution in [3.63, 3.8) is 0 Å². The Kier molecular flexibility index (Phi) is 6.45. The van der Waals surface area contributed by atoms with Gasteiger partial charge in [0.15, 0.2) is 0 Å². The molecule has 0 heterocycles. The van der Waals surface area contributed by atoms with E-state index in [4.69, 9.17) is 0 Å². The molecular formula is C3H7NSe2. The topological polar surface area (TPSA) is 12.0 Å². The van der Waals surface area contributed by atoms with E-state index in [0.717, 1.165) is 6.54 Å². The second-order valence-corrected chi connectivity index (χ2v) is 3.71. The van der Waals surface area contributed by atoms with E-state index in [1.54, 1.807) is 0 Å². The molecular weight excluding hydrogens is 208 g/mol. The van der Waals surface area contributed by atoms with Gasteiger partial charge in [-0.05, 0) is 0 Å². The molecule has 0 saturated carbocycles. The second-order valence-electron chi connectivity index (χ2n) is 0.728.